The summed E-state index contributed by atoms with van der Waals surface area (Å²) in [5, 5.41) is 0. The van der Waals surface area contributed by atoms with Gasteiger partial charge in [-0.2, -0.15) is 0 Å². The first-order chi connectivity index (χ1) is 7.27. The van der Waals surface area contributed by atoms with Crippen LogP contribution in [0, 0.1) is 5.92 Å². The molecule has 1 aliphatic heterocycles. The van der Waals surface area contributed by atoms with Crippen molar-refractivity contribution in [2.75, 3.05) is 26.3 Å². The Hall–Kier alpha value is -0.610. The molecule has 0 bridgehead atoms. The Morgan fingerprint density at radius 3 is 2.67 bits per heavy atom. The molecule has 0 radical (unpaired) electrons. The van der Waals surface area contributed by atoms with E-state index in [1.54, 1.807) is 0 Å². The Kier molecular flexibility index (Phi) is 3.59. The first kappa shape index (κ1) is 10.9. The molecular formula is C11H20N2O2. The van der Waals surface area contributed by atoms with Crippen LogP contribution in [0.1, 0.15) is 25.7 Å². The summed E-state index contributed by atoms with van der Waals surface area (Å²) in [6.45, 7) is 2.88. The summed E-state index contributed by atoms with van der Waals surface area (Å²) in [6.07, 6.45) is 4.06. The second-order valence-electron chi connectivity index (χ2n) is 4.56. The molecule has 2 atom stereocenters. The third-order valence-electron chi connectivity index (χ3n) is 3.39. The van der Waals surface area contributed by atoms with Gasteiger partial charge in [0.2, 0.25) is 5.91 Å². The van der Waals surface area contributed by atoms with Crippen LogP contribution in [-0.2, 0) is 9.53 Å². The molecular weight excluding hydrogens is 192 g/mol. The highest BCUT2D eigenvalue weighted by Crippen LogP contribution is 2.25. The molecule has 0 spiro atoms. The molecule has 2 N–H and O–H groups in total. The number of nitrogens with zero attached hydrogens (tertiary/aromatic N) is 1. The van der Waals surface area contributed by atoms with Crippen LogP contribution < -0.4 is 5.73 Å². The largest absolute Gasteiger partial charge is 0.378 e. The fraction of sp³-hybridized carbons (Fsp3) is 0.909. The molecule has 86 valence electrons. The zero-order valence-corrected chi connectivity index (χ0v) is 9.15. The van der Waals surface area contributed by atoms with E-state index < -0.39 is 0 Å². The predicted octanol–water partition coefficient (Wildman–Crippen LogP) is 0.363. The van der Waals surface area contributed by atoms with Crippen molar-refractivity contribution in [3.8, 4) is 0 Å². The molecule has 15 heavy (non-hydrogen) atoms. The molecule has 1 aliphatic carbocycles. The first-order valence-corrected chi connectivity index (χ1v) is 5.89. The van der Waals surface area contributed by atoms with Crippen LogP contribution in [0.25, 0.3) is 0 Å². The Morgan fingerprint density at radius 1 is 1.27 bits per heavy atom. The van der Waals surface area contributed by atoms with Crippen molar-refractivity contribution < 1.29 is 9.53 Å². The maximum atomic E-state index is 12.1. The minimum Gasteiger partial charge on any atom is -0.378 e. The second kappa shape index (κ2) is 4.94. The molecule has 1 unspecified atom stereocenters. The van der Waals surface area contributed by atoms with Crippen LogP contribution in [0.15, 0.2) is 0 Å². The molecule has 1 amide bonds. The number of hydrogen-bond acceptors (Lipinski definition) is 3. The van der Waals surface area contributed by atoms with E-state index in [0.29, 0.717) is 19.1 Å². The van der Waals surface area contributed by atoms with Crippen molar-refractivity contribution in [1.82, 2.24) is 4.90 Å². The molecule has 1 saturated carbocycles. The number of morpholine rings is 1. The fourth-order valence-corrected chi connectivity index (χ4v) is 2.49. The molecule has 0 aromatic heterocycles. The van der Waals surface area contributed by atoms with Crippen molar-refractivity contribution in [1.29, 1.82) is 0 Å². The number of ether oxygens (including phenoxy) is 1. The molecule has 2 fully saturated rings. The lowest BCUT2D eigenvalue weighted by Gasteiger charge is -2.33. The minimum atomic E-state index is 0.173. The van der Waals surface area contributed by atoms with Crippen molar-refractivity contribution in [3.63, 3.8) is 0 Å². The van der Waals surface area contributed by atoms with Gasteiger partial charge < -0.3 is 15.4 Å². The average molecular weight is 212 g/mol. The Balaban J connectivity index is 1.88. The second-order valence-corrected chi connectivity index (χ2v) is 4.56. The standard InChI is InChI=1S/C11H20N2O2/c12-10-3-1-2-9(8-10)11(14)13-4-6-15-7-5-13/h9-10H,1-8,12H2/t9?,10-/m0/s1. The highest BCUT2D eigenvalue weighted by atomic mass is 16.5. The van der Waals surface area contributed by atoms with Gasteiger partial charge in [-0.15, -0.1) is 0 Å². The van der Waals surface area contributed by atoms with Gasteiger partial charge in [-0.1, -0.05) is 6.42 Å². The van der Waals surface area contributed by atoms with E-state index in [0.717, 1.165) is 38.8 Å². The van der Waals surface area contributed by atoms with E-state index in [-0.39, 0.29) is 12.0 Å². The lowest BCUT2D eigenvalue weighted by Crippen LogP contribution is -2.45. The zero-order valence-electron chi connectivity index (χ0n) is 9.15. The zero-order chi connectivity index (χ0) is 10.7. The highest BCUT2D eigenvalue weighted by molar-refractivity contribution is 5.79. The number of nitrogens with two attached hydrogens (primary N) is 1. The summed E-state index contributed by atoms with van der Waals surface area (Å²) < 4.78 is 5.24. The fourth-order valence-electron chi connectivity index (χ4n) is 2.49. The van der Waals surface area contributed by atoms with E-state index in [9.17, 15) is 4.79 Å². The molecule has 4 heteroatoms. The molecule has 4 nitrogen and oxygen atoms in total. The molecule has 0 aromatic carbocycles. The van der Waals surface area contributed by atoms with Gasteiger partial charge in [0.1, 0.15) is 0 Å². The van der Waals surface area contributed by atoms with Gasteiger partial charge in [0.25, 0.3) is 0 Å². The summed E-state index contributed by atoms with van der Waals surface area (Å²) in [6, 6.07) is 0.230. The summed E-state index contributed by atoms with van der Waals surface area (Å²) in [5.74, 6) is 0.473. The van der Waals surface area contributed by atoms with Crippen LogP contribution in [0.3, 0.4) is 0 Å². The lowest BCUT2D eigenvalue weighted by molar-refractivity contribution is -0.140. The van der Waals surface area contributed by atoms with Crippen molar-refractivity contribution in [2.24, 2.45) is 11.7 Å². The monoisotopic (exact) mass is 212 g/mol. The third-order valence-corrected chi connectivity index (χ3v) is 3.39. The highest BCUT2D eigenvalue weighted by Gasteiger charge is 2.29. The molecule has 2 rings (SSSR count). The maximum Gasteiger partial charge on any atom is 0.225 e. The van der Waals surface area contributed by atoms with Crippen LogP contribution in [0.4, 0.5) is 0 Å². The summed E-state index contributed by atoms with van der Waals surface area (Å²) in [7, 11) is 0. The summed E-state index contributed by atoms with van der Waals surface area (Å²) in [5.41, 5.74) is 5.90. The minimum absolute atomic E-state index is 0.173. The van der Waals surface area contributed by atoms with Gasteiger partial charge in [-0.25, -0.2) is 0 Å². The van der Waals surface area contributed by atoms with E-state index in [1.807, 2.05) is 4.90 Å². The number of hydrogen-bond donors (Lipinski definition) is 1. The van der Waals surface area contributed by atoms with Gasteiger partial charge in [0.05, 0.1) is 13.2 Å². The average Bonchev–Trinajstić information content (AvgIpc) is 2.29. The summed E-state index contributed by atoms with van der Waals surface area (Å²) in [4.78, 5) is 14.1. The molecule has 1 saturated heterocycles. The SMILES string of the molecule is N[C@H]1CCCC(C(=O)N2CCOCC2)C1. The van der Waals surface area contributed by atoms with Gasteiger partial charge >= 0.3 is 0 Å². The van der Waals surface area contributed by atoms with Gasteiger partial charge in [-0.05, 0) is 19.3 Å². The quantitative estimate of drug-likeness (QED) is 0.683. The van der Waals surface area contributed by atoms with Gasteiger partial charge in [0.15, 0.2) is 0 Å². The van der Waals surface area contributed by atoms with E-state index >= 15 is 0 Å². The summed E-state index contributed by atoms with van der Waals surface area (Å²) >= 11 is 0. The lowest BCUT2D eigenvalue weighted by atomic mass is 9.85. The van der Waals surface area contributed by atoms with Gasteiger partial charge in [-0.3, -0.25) is 4.79 Å². The first-order valence-electron chi connectivity index (χ1n) is 5.89. The van der Waals surface area contributed by atoms with Crippen molar-refractivity contribution >= 4 is 5.91 Å². The normalized spacial score (nSPS) is 32.7. The van der Waals surface area contributed by atoms with E-state index in [4.69, 9.17) is 10.5 Å². The van der Waals surface area contributed by atoms with Gasteiger partial charge in [0, 0.05) is 25.0 Å². The van der Waals surface area contributed by atoms with Crippen molar-refractivity contribution in [3.05, 3.63) is 0 Å². The van der Waals surface area contributed by atoms with Crippen LogP contribution in [0.5, 0.6) is 0 Å². The van der Waals surface area contributed by atoms with Crippen LogP contribution >= 0.6 is 0 Å². The topological polar surface area (TPSA) is 55.6 Å². The molecule has 1 heterocycles. The van der Waals surface area contributed by atoms with Crippen LogP contribution in [0.2, 0.25) is 0 Å². The molecule has 0 aromatic rings. The third kappa shape index (κ3) is 2.69. The number of amides is 1. The van der Waals surface area contributed by atoms with Crippen LogP contribution in [-0.4, -0.2) is 43.2 Å². The number of carbonyl (C=O) groups excluding carboxylic acids is 1. The van der Waals surface area contributed by atoms with E-state index in [2.05, 4.69) is 0 Å². The smallest absolute Gasteiger partial charge is 0.225 e. The Labute approximate surface area is 90.8 Å². The number of rotatable bonds is 1. The Bertz CT molecular complexity index is 227. The van der Waals surface area contributed by atoms with E-state index in [1.165, 1.54) is 0 Å². The molecule has 2 aliphatic rings. The predicted molar refractivity (Wildman–Crippen MR) is 57.3 cm³/mol. The number of carbonyl (C=O) groups is 1. The Morgan fingerprint density at radius 2 is 2.00 bits per heavy atom. The van der Waals surface area contributed by atoms with Crippen molar-refractivity contribution in [2.45, 2.75) is 31.7 Å². The maximum absolute atomic E-state index is 12.1.